The van der Waals surface area contributed by atoms with Gasteiger partial charge in [0.2, 0.25) is 0 Å². The standard InChI is InChI=1S/C11H28N2OSi/c1-9-14-15(8,12-10(2,3)4)13-11(5,6)7/h12-13H,9H2,1-8H3. The molecule has 0 bridgehead atoms. The molecule has 3 nitrogen and oxygen atoms in total. The van der Waals surface area contributed by atoms with Crippen LogP contribution in [0.2, 0.25) is 6.55 Å². The highest BCUT2D eigenvalue weighted by Gasteiger charge is 2.37. The van der Waals surface area contributed by atoms with Gasteiger partial charge in [0, 0.05) is 17.7 Å². The summed E-state index contributed by atoms with van der Waals surface area (Å²) < 4.78 is 5.90. The van der Waals surface area contributed by atoms with Crippen LogP contribution in [0.1, 0.15) is 48.5 Å². The smallest absolute Gasteiger partial charge is 0.349 e. The maximum atomic E-state index is 5.90. The second kappa shape index (κ2) is 4.95. The molecule has 0 aliphatic heterocycles. The SMILES string of the molecule is CCO[Si](C)(NC(C)(C)C)NC(C)(C)C. The van der Waals surface area contributed by atoms with Crippen molar-refractivity contribution in [2.45, 2.75) is 66.1 Å². The van der Waals surface area contributed by atoms with E-state index in [9.17, 15) is 0 Å². The van der Waals surface area contributed by atoms with Crippen molar-refractivity contribution in [3.8, 4) is 0 Å². The third-order valence-electron chi connectivity index (χ3n) is 1.66. The number of rotatable bonds is 4. The van der Waals surface area contributed by atoms with Gasteiger partial charge in [0.1, 0.15) is 0 Å². The van der Waals surface area contributed by atoms with Crippen molar-refractivity contribution in [3.63, 3.8) is 0 Å². The van der Waals surface area contributed by atoms with Gasteiger partial charge in [-0.05, 0) is 55.0 Å². The van der Waals surface area contributed by atoms with Crippen LogP contribution in [-0.2, 0) is 4.43 Å². The Balaban J connectivity index is 4.59. The maximum absolute atomic E-state index is 5.90. The van der Waals surface area contributed by atoms with Crippen LogP contribution in [0.3, 0.4) is 0 Å². The predicted octanol–water partition coefficient (Wildman–Crippen LogP) is 2.37. The molecule has 0 aliphatic rings. The van der Waals surface area contributed by atoms with Gasteiger partial charge in [-0.2, -0.15) is 0 Å². The summed E-state index contributed by atoms with van der Waals surface area (Å²) in [5, 5.41) is 0. The molecule has 0 atom stereocenters. The van der Waals surface area contributed by atoms with Crippen LogP contribution in [0, 0.1) is 0 Å². The van der Waals surface area contributed by atoms with Gasteiger partial charge in [-0.1, -0.05) is 0 Å². The minimum Gasteiger partial charge on any atom is -0.392 e. The Bertz CT molecular complexity index is 178. The number of hydrogen-bond acceptors (Lipinski definition) is 3. The van der Waals surface area contributed by atoms with E-state index < -0.39 is 8.64 Å². The summed E-state index contributed by atoms with van der Waals surface area (Å²) >= 11 is 0. The summed E-state index contributed by atoms with van der Waals surface area (Å²) in [5.74, 6) is 0. The highest BCUT2D eigenvalue weighted by atomic mass is 28.4. The highest BCUT2D eigenvalue weighted by Crippen LogP contribution is 2.11. The number of nitrogens with one attached hydrogen (secondary N) is 2. The van der Waals surface area contributed by atoms with Gasteiger partial charge in [-0.25, -0.2) is 0 Å². The molecule has 0 amide bonds. The van der Waals surface area contributed by atoms with E-state index in [4.69, 9.17) is 4.43 Å². The lowest BCUT2D eigenvalue weighted by Gasteiger charge is -2.39. The van der Waals surface area contributed by atoms with Crippen molar-refractivity contribution < 1.29 is 4.43 Å². The molecule has 15 heavy (non-hydrogen) atoms. The molecule has 4 heteroatoms. The van der Waals surface area contributed by atoms with Gasteiger partial charge in [0.15, 0.2) is 0 Å². The van der Waals surface area contributed by atoms with E-state index in [1.807, 2.05) is 6.92 Å². The van der Waals surface area contributed by atoms with Gasteiger partial charge >= 0.3 is 8.64 Å². The molecule has 0 radical (unpaired) electrons. The summed E-state index contributed by atoms with van der Waals surface area (Å²) in [5.41, 5.74) is 0.156. The monoisotopic (exact) mass is 232 g/mol. The average molecular weight is 232 g/mol. The second-order valence-corrected chi connectivity index (χ2v) is 9.07. The molecule has 0 heterocycles. The van der Waals surface area contributed by atoms with Gasteiger partial charge < -0.3 is 4.43 Å². The molecular weight excluding hydrogens is 204 g/mol. The van der Waals surface area contributed by atoms with Gasteiger partial charge in [0.05, 0.1) is 0 Å². The van der Waals surface area contributed by atoms with Crippen molar-refractivity contribution in [2.24, 2.45) is 0 Å². The first-order valence-corrected chi connectivity index (χ1v) is 8.11. The van der Waals surface area contributed by atoms with Crippen molar-refractivity contribution in [1.82, 2.24) is 9.96 Å². The van der Waals surface area contributed by atoms with Crippen LogP contribution in [0.5, 0.6) is 0 Å². The Morgan fingerprint density at radius 3 is 1.47 bits per heavy atom. The van der Waals surface area contributed by atoms with Gasteiger partial charge in [-0.3, -0.25) is 9.96 Å². The lowest BCUT2D eigenvalue weighted by molar-refractivity contribution is 0.272. The minimum atomic E-state index is -2.02. The van der Waals surface area contributed by atoms with Crippen LogP contribution < -0.4 is 9.96 Å². The van der Waals surface area contributed by atoms with E-state index in [1.165, 1.54) is 0 Å². The quantitative estimate of drug-likeness (QED) is 0.730. The molecule has 0 saturated heterocycles. The van der Waals surface area contributed by atoms with Crippen LogP contribution in [0.25, 0.3) is 0 Å². The molecule has 0 spiro atoms. The normalized spacial score (nSPS) is 14.4. The van der Waals surface area contributed by atoms with Crippen molar-refractivity contribution in [2.75, 3.05) is 6.61 Å². The summed E-state index contributed by atoms with van der Waals surface area (Å²) in [4.78, 5) is 7.19. The van der Waals surface area contributed by atoms with E-state index in [-0.39, 0.29) is 11.1 Å². The third-order valence-corrected chi connectivity index (χ3v) is 4.98. The third kappa shape index (κ3) is 7.96. The van der Waals surface area contributed by atoms with Crippen LogP contribution in [0.4, 0.5) is 0 Å². The topological polar surface area (TPSA) is 33.3 Å². The molecule has 0 rings (SSSR count). The fourth-order valence-electron chi connectivity index (χ4n) is 1.82. The zero-order valence-electron chi connectivity index (χ0n) is 11.6. The lowest BCUT2D eigenvalue weighted by atomic mass is 10.1. The molecule has 0 saturated carbocycles. The van der Waals surface area contributed by atoms with E-state index in [1.54, 1.807) is 0 Å². The Hall–Kier alpha value is 0.0969. The molecule has 92 valence electrons. The van der Waals surface area contributed by atoms with E-state index in [0.717, 1.165) is 6.61 Å². The molecule has 0 unspecified atom stereocenters. The van der Waals surface area contributed by atoms with Crippen LogP contribution in [-0.4, -0.2) is 26.3 Å². The summed E-state index contributed by atoms with van der Waals surface area (Å²) in [6, 6.07) is 0. The maximum Gasteiger partial charge on any atom is 0.349 e. The first-order chi connectivity index (χ1) is 6.47. The van der Waals surface area contributed by atoms with Crippen molar-refractivity contribution in [1.29, 1.82) is 0 Å². The Morgan fingerprint density at radius 1 is 0.933 bits per heavy atom. The molecular formula is C11H28N2OSi. The zero-order valence-corrected chi connectivity index (χ0v) is 12.6. The Kier molecular flexibility index (Phi) is 4.98. The van der Waals surface area contributed by atoms with E-state index in [0.29, 0.717) is 0 Å². The fraction of sp³-hybridized carbons (Fsp3) is 1.00. The molecule has 2 N–H and O–H groups in total. The van der Waals surface area contributed by atoms with Gasteiger partial charge in [0.25, 0.3) is 0 Å². The molecule has 0 aromatic heterocycles. The zero-order chi connectivity index (χ0) is 12.3. The average Bonchev–Trinajstić information content (AvgIpc) is 1.74. The fourth-order valence-corrected chi connectivity index (χ4v) is 5.47. The predicted molar refractivity (Wildman–Crippen MR) is 69.0 cm³/mol. The number of hydrogen-bond donors (Lipinski definition) is 2. The Labute approximate surface area is 96.3 Å². The van der Waals surface area contributed by atoms with Gasteiger partial charge in [-0.15, -0.1) is 0 Å². The molecule has 0 aliphatic carbocycles. The molecule has 0 fully saturated rings. The molecule has 0 aromatic carbocycles. The highest BCUT2D eigenvalue weighted by molar-refractivity contribution is 6.67. The first kappa shape index (κ1) is 15.1. The van der Waals surface area contributed by atoms with E-state index in [2.05, 4.69) is 58.1 Å². The summed E-state index contributed by atoms with van der Waals surface area (Å²) in [6.45, 7) is 18.0. The van der Waals surface area contributed by atoms with Crippen molar-refractivity contribution in [3.05, 3.63) is 0 Å². The molecule has 0 aromatic rings. The van der Waals surface area contributed by atoms with Crippen LogP contribution in [0.15, 0.2) is 0 Å². The van der Waals surface area contributed by atoms with E-state index >= 15 is 0 Å². The lowest BCUT2D eigenvalue weighted by Crippen LogP contribution is -2.71. The first-order valence-electron chi connectivity index (χ1n) is 5.70. The van der Waals surface area contributed by atoms with Crippen LogP contribution >= 0.6 is 0 Å². The van der Waals surface area contributed by atoms with Crippen molar-refractivity contribution >= 4 is 8.64 Å². The summed E-state index contributed by atoms with van der Waals surface area (Å²) in [7, 11) is -2.02. The summed E-state index contributed by atoms with van der Waals surface area (Å²) in [6.07, 6.45) is 0. The largest absolute Gasteiger partial charge is 0.392 e. The minimum absolute atomic E-state index is 0.0778. The Morgan fingerprint density at radius 2 is 1.27 bits per heavy atom. The second-order valence-electron chi connectivity index (χ2n) is 6.22.